The third kappa shape index (κ3) is 3.53. The highest BCUT2D eigenvalue weighted by Crippen LogP contribution is 2.41. The van der Waals surface area contributed by atoms with E-state index >= 15 is 0 Å². The fraction of sp³-hybridized carbons (Fsp3) is 0.643. The number of aromatic nitrogens is 1. The van der Waals surface area contributed by atoms with Crippen LogP contribution < -0.4 is 10.6 Å². The molecule has 3 N–H and O–H groups in total. The van der Waals surface area contributed by atoms with Gasteiger partial charge in [0, 0.05) is 11.3 Å². The Morgan fingerprint density at radius 3 is 2.71 bits per heavy atom. The van der Waals surface area contributed by atoms with E-state index < -0.39 is 11.5 Å². The van der Waals surface area contributed by atoms with Crippen LogP contribution in [0, 0.1) is 0 Å². The highest BCUT2D eigenvalue weighted by Gasteiger charge is 2.37. The van der Waals surface area contributed by atoms with E-state index in [9.17, 15) is 9.59 Å². The molecule has 3 rings (SSSR count). The number of rotatable bonds is 5. The predicted octanol–water partition coefficient (Wildman–Crippen LogP) is 2.93. The van der Waals surface area contributed by atoms with Crippen LogP contribution in [0.1, 0.15) is 56.6 Å². The molecule has 0 saturated heterocycles. The van der Waals surface area contributed by atoms with Gasteiger partial charge in [0.2, 0.25) is 0 Å². The van der Waals surface area contributed by atoms with E-state index in [4.69, 9.17) is 5.11 Å². The van der Waals surface area contributed by atoms with Crippen molar-refractivity contribution in [1.29, 1.82) is 0 Å². The van der Waals surface area contributed by atoms with E-state index in [1.165, 1.54) is 24.2 Å². The van der Waals surface area contributed by atoms with Crippen molar-refractivity contribution in [2.45, 2.75) is 56.4 Å². The summed E-state index contributed by atoms with van der Waals surface area (Å²) in [7, 11) is 0. The third-order valence-corrected chi connectivity index (χ3v) is 4.94. The van der Waals surface area contributed by atoms with Crippen molar-refractivity contribution in [2.75, 3.05) is 5.32 Å². The van der Waals surface area contributed by atoms with Gasteiger partial charge in [-0.1, -0.05) is 12.8 Å². The summed E-state index contributed by atoms with van der Waals surface area (Å²) in [4.78, 5) is 27.5. The molecule has 0 aromatic carbocycles. The van der Waals surface area contributed by atoms with Crippen LogP contribution in [-0.4, -0.2) is 27.6 Å². The minimum atomic E-state index is -0.873. The van der Waals surface area contributed by atoms with Crippen molar-refractivity contribution in [3.63, 3.8) is 0 Å². The van der Waals surface area contributed by atoms with Crippen molar-refractivity contribution in [3.8, 4) is 0 Å². The molecule has 0 radical (unpaired) electrons. The number of carboxylic acids is 1. The molecule has 114 valence electrons. The number of nitrogens with zero attached hydrogens (tertiary/aromatic N) is 1. The summed E-state index contributed by atoms with van der Waals surface area (Å²) >= 11 is 1.42. The van der Waals surface area contributed by atoms with Gasteiger partial charge in [-0.2, -0.15) is 0 Å². The van der Waals surface area contributed by atoms with Crippen LogP contribution in [0.15, 0.2) is 5.38 Å². The zero-order chi connectivity index (χ0) is 14.9. The molecule has 1 aromatic heterocycles. The number of aliphatic carboxylic acids is 1. The second kappa shape index (κ2) is 5.63. The first-order valence-electron chi connectivity index (χ1n) is 7.33. The van der Waals surface area contributed by atoms with Gasteiger partial charge in [0.05, 0.1) is 17.7 Å². The molecule has 2 fully saturated rings. The molecule has 0 bridgehead atoms. The standard InChI is InChI=1S/C14H19N3O3S/c18-11(19)7-14(5-1-2-6-14)17-12(20)16-13-15-10(8-21-13)9-3-4-9/h8-9H,1-7H2,(H,18,19)(H2,15,16,17,20). The summed E-state index contributed by atoms with van der Waals surface area (Å²) in [5.41, 5.74) is 0.448. The molecule has 2 amide bonds. The summed E-state index contributed by atoms with van der Waals surface area (Å²) in [6, 6.07) is -0.352. The molecule has 21 heavy (non-hydrogen) atoms. The highest BCUT2D eigenvalue weighted by atomic mass is 32.1. The number of carboxylic acid groups (broad SMARTS) is 1. The van der Waals surface area contributed by atoms with Crippen LogP contribution >= 0.6 is 11.3 Å². The lowest BCUT2D eigenvalue weighted by molar-refractivity contribution is -0.138. The van der Waals surface area contributed by atoms with Gasteiger partial charge in [-0.3, -0.25) is 10.1 Å². The number of hydrogen-bond donors (Lipinski definition) is 3. The SMILES string of the molecule is O=C(O)CC1(NC(=O)Nc2nc(C3CC3)cs2)CCCC1. The van der Waals surface area contributed by atoms with Gasteiger partial charge in [-0.05, 0) is 25.7 Å². The van der Waals surface area contributed by atoms with Gasteiger partial charge in [0.25, 0.3) is 0 Å². The molecular formula is C14H19N3O3S. The van der Waals surface area contributed by atoms with E-state index in [1.807, 2.05) is 5.38 Å². The smallest absolute Gasteiger partial charge is 0.321 e. The number of hydrogen-bond acceptors (Lipinski definition) is 4. The number of urea groups is 1. The topological polar surface area (TPSA) is 91.3 Å². The zero-order valence-corrected chi connectivity index (χ0v) is 12.5. The molecular weight excluding hydrogens is 290 g/mol. The summed E-state index contributed by atoms with van der Waals surface area (Å²) in [6.07, 6.45) is 5.68. The lowest BCUT2D eigenvalue weighted by Crippen LogP contribution is -2.49. The van der Waals surface area contributed by atoms with Crippen LogP contribution in [0.5, 0.6) is 0 Å². The molecule has 6 nitrogen and oxygen atoms in total. The maximum absolute atomic E-state index is 12.1. The molecule has 0 spiro atoms. The number of nitrogens with one attached hydrogen (secondary N) is 2. The summed E-state index contributed by atoms with van der Waals surface area (Å²) in [5, 5.41) is 17.2. The second-order valence-corrected chi connectivity index (χ2v) is 6.85. The number of amides is 2. The Balaban J connectivity index is 1.59. The quantitative estimate of drug-likeness (QED) is 0.780. The molecule has 2 saturated carbocycles. The Morgan fingerprint density at radius 2 is 2.10 bits per heavy atom. The Hall–Kier alpha value is -1.63. The maximum atomic E-state index is 12.1. The third-order valence-electron chi connectivity index (χ3n) is 4.17. The van der Waals surface area contributed by atoms with Crippen LogP contribution in [0.25, 0.3) is 0 Å². The second-order valence-electron chi connectivity index (χ2n) is 5.99. The molecule has 1 heterocycles. The van der Waals surface area contributed by atoms with E-state index in [0.29, 0.717) is 11.0 Å². The molecule has 1 aromatic rings. The van der Waals surface area contributed by atoms with Crippen molar-refractivity contribution in [2.24, 2.45) is 0 Å². The fourth-order valence-corrected chi connectivity index (χ4v) is 3.75. The van der Waals surface area contributed by atoms with Gasteiger partial charge in [-0.15, -0.1) is 11.3 Å². The maximum Gasteiger partial charge on any atom is 0.321 e. The first-order chi connectivity index (χ1) is 10.1. The number of anilines is 1. The summed E-state index contributed by atoms with van der Waals surface area (Å²) in [5.74, 6) is -0.310. The normalized spacial score (nSPS) is 20.2. The van der Waals surface area contributed by atoms with Crippen molar-refractivity contribution < 1.29 is 14.7 Å². The van der Waals surface area contributed by atoms with Gasteiger partial charge in [0.1, 0.15) is 0 Å². The van der Waals surface area contributed by atoms with Crippen molar-refractivity contribution >= 4 is 28.5 Å². The Labute approximate surface area is 127 Å². The van der Waals surface area contributed by atoms with Crippen molar-refractivity contribution in [1.82, 2.24) is 10.3 Å². The van der Waals surface area contributed by atoms with Crippen LogP contribution in [0.4, 0.5) is 9.93 Å². The molecule has 7 heteroatoms. The van der Waals surface area contributed by atoms with E-state index in [2.05, 4.69) is 15.6 Å². The zero-order valence-electron chi connectivity index (χ0n) is 11.7. The fourth-order valence-electron chi connectivity index (χ4n) is 2.97. The summed E-state index contributed by atoms with van der Waals surface area (Å²) in [6.45, 7) is 0. The molecule has 0 unspecified atom stereocenters. The van der Waals surface area contributed by atoms with Gasteiger partial charge in [-0.25, -0.2) is 9.78 Å². The first-order valence-corrected chi connectivity index (χ1v) is 8.21. The van der Waals surface area contributed by atoms with Crippen molar-refractivity contribution in [3.05, 3.63) is 11.1 Å². The first kappa shape index (κ1) is 14.3. The predicted molar refractivity (Wildman–Crippen MR) is 79.7 cm³/mol. The molecule has 0 aliphatic heterocycles. The summed E-state index contributed by atoms with van der Waals surface area (Å²) < 4.78 is 0. The minimum Gasteiger partial charge on any atom is -0.481 e. The van der Waals surface area contributed by atoms with Gasteiger partial charge < -0.3 is 10.4 Å². The van der Waals surface area contributed by atoms with Crippen LogP contribution in [0.3, 0.4) is 0 Å². The van der Waals surface area contributed by atoms with Gasteiger partial charge in [0.15, 0.2) is 5.13 Å². The van der Waals surface area contributed by atoms with E-state index in [-0.39, 0.29) is 12.5 Å². The lowest BCUT2D eigenvalue weighted by atomic mass is 9.93. The van der Waals surface area contributed by atoms with Gasteiger partial charge >= 0.3 is 12.0 Å². The number of carbonyl (C=O) groups excluding carboxylic acids is 1. The molecule has 2 aliphatic rings. The lowest BCUT2D eigenvalue weighted by Gasteiger charge is -2.28. The highest BCUT2D eigenvalue weighted by molar-refractivity contribution is 7.13. The van der Waals surface area contributed by atoms with E-state index in [0.717, 1.165) is 31.4 Å². The largest absolute Gasteiger partial charge is 0.481 e. The monoisotopic (exact) mass is 309 g/mol. The van der Waals surface area contributed by atoms with Crippen LogP contribution in [0.2, 0.25) is 0 Å². The molecule has 0 atom stereocenters. The number of carbonyl (C=O) groups is 2. The van der Waals surface area contributed by atoms with E-state index in [1.54, 1.807) is 0 Å². The Bertz CT molecular complexity index is 547. The minimum absolute atomic E-state index is 0.0222. The Kier molecular flexibility index (Phi) is 3.84. The Morgan fingerprint density at radius 1 is 1.38 bits per heavy atom. The average molecular weight is 309 g/mol. The average Bonchev–Trinajstić information content (AvgIpc) is 3.00. The number of thiazole rings is 1. The molecule has 2 aliphatic carbocycles. The van der Waals surface area contributed by atoms with Crippen LogP contribution in [-0.2, 0) is 4.79 Å².